The predicted molar refractivity (Wildman–Crippen MR) is 72.5 cm³/mol. The lowest BCUT2D eigenvalue weighted by atomic mass is 10.1. The molecule has 0 aliphatic heterocycles. The van der Waals surface area contributed by atoms with Crippen molar-refractivity contribution in [3.05, 3.63) is 33.9 Å². The van der Waals surface area contributed by atoms with E-state index in [9.17, 15) is 19.8 Å². The fraction of sp³-hybridized carbons (Fsp3) is 0.455. The number of hydrogen-bond acceptors (Lipinski definition) is 7. The summed E-state index contributed by atoms with van der Waals surface area (Å²) < 4.78 is 22.7. The molecule has 1 rings (SSSR count). The molecule has 0 saturated heterocycles. The van der Waals surface area contributed by atoms with E-state index in [-0.39, 0.29) is 30.2 Å². The van der Waals surface area contributed by atoms with Crippen molar-refractivity contribution in [1.82, 2.24) is 0 Å². The summed E-state index contributed by atoms with van der Waals surface area (Å²) in [7, 11) is -3.76. The lowest BCUT2D eigenvalue weighted by Crippen LogP contribution is -2.16. The van der Waals surface area contributed by atoms with Gasteiger partial charge in [-0.15, -0.1) is 0 Å². The summed E-state index contributed by atoms with van der Waals surface area (Å²) in [6.07, 6.45) is 0. The Kier molecular flexibility index (Phi) is 5.64. The van der Waals surface area contributed by atoms with E-state index in [1.807, 2.05) is 0 Å². The molecule has 0 spiro atoms. The predicted octanol–water partition coefficient (Wildman–Crippen LogP) is 2.52. The number of nitro benzene ring substituents is 1. The van der Waals surface area contributed by atoms with Crippen molar-refractivity contribution in [2.75, 3.05) is 13.2 Å². The van der Waals surface area contributed by atoms with Crippen molar-refractivity contribution in [1.29, 1.82) is 0 Å². The minimum Gasteiger partial charge on any atom is -0.508 e. The van der Waals surface area contributed by atoms with Crippen LogP contribution in [0.3, 0.4) is 0 Å². The third-order valence-electron chi connectivity index (χ3n) is 2.49. The van der Waals surface area contributed by atoms with Gasteiger partial charge in [0.05, 0.1) is 23.7 Å². The summed E-state index contributed by atoms with van der Waals surface area (Å²) in [6, 6.07) is 3.33. The second-order valence-electron chi connectivity index (χ2n) is 3.82. The SMILES string of the molecule is CCOP(=O)(OCC)[C@@H](N)c1cc(O)ccc1[N+](=O)[O-]. The first-order valence-corrected chi connectivity index (χ1v) is 7.58. The van der Waals surface area contributed by atoms with Crippen LogP contribution in [0.5, 0.6) is 5.75 Å². The number of rotatable bonds is 7. The number of hydrogen-bond donors (Lipinski definition) is 2. The first-order chi connectivity index (χ1) is 9.35. The second kappa shape index (κ2) is 6.81. The fourth-order valence-electron chi connectivity index (χ4n) is 1.67. The van der Waals surface area contributed by atoms with Crippen LogP contribution >= 0.6 is 7.60 Å². The summed E-state index contributed by atoms with van der Waals surface area (Å²) in [4.78, 5) is 10.3. The molecule has 1 aromatic carbocycles. The average Bonchev–Trinajstić information content (AvgIpc) is 2.37. The van der Waals surface area contributed by atoms with Crippen LogP contribution in [0.1, 0.15) is 25.2 Å². The van der Waals surface area contributed by atoms with Crippen LogP contribution in [0.2, 0.25) is 0 Å². The van der Waals surface area contributed by atoms with Crippen LogP contribution in [0.4, 0.5) is 5.69 Å². The van der Waals surface area contributed by atoms with Crippen LogP contribution in [-0.2, 0) is 13.6 Å². The minimum atomic E-state index is -3.76. The van der Waals surface area contributed by atoms with Crippen molar-refractivity contribution >= 4 is 13.3 Å². The molecule has 0 fully saturated rings. The molecule has 0 saturated carbocycles. The molecular formula is C11H17N2O6P. The van der Waals surface area contributed by atoms with Crippen LogP contribution in [-0.4, -0.2) is 23.2 Å². The van der Waals surface area contributed by atoms with Gasteiger partial charge in [-0.25, -0.2) is 0 Å². The molecule has 0 amide bonds. The Hall–Kier alpha value is -1.47. The zero-order valence-corrected chi connectivity index (χ0v) is 12.1. The fourth-order valence-corrected chi connectivity index (χ4v) is 3.34. The highest BCUT2D eigenvalue weighted by molar-refractivity contribution is 7.54. The van der Waals surface area contributed by atoms with Crippen LogP contribution in [0, 0.1) is 10.1 Å². The van der Waals surface area contributed by atoms with Crippen molar-refractivity contribution in [3.63, 3.8) is 0 Å². The molecule has 1 atom stereocenters. The molecule has 9 heteroatoms. The minimum absolute atomic E-state index is 0.0809. The zero-order chi connectivity index (χ0) is 15.3. The molecule has 0 unspecified atom stereocenters. The van der Waals surface area contributed by atoms with Gasteiger partial charge in [0, 0.05) is 6.07 Å². The largest absolute Gasteiger partial charge is 0.508 e. The van der Waals surface area contributed by atoms with E-state index in [2.05, 4.69) is 0 Å². The molecule has 1 aromatic rings. The van der Waals surface area contributed by atoms with E-state index in [4.69, 9.17) is 14.8 Å². The highest BCUT2D eigenvalue weighted by atomic mass is 31.2. The van der Waals surface area contributed by atoms with Gasteiger partial charge in [-0.3, -0.25) is 14.7 Å². The Labute approximate surface area is 116 Å². The molecule has 0 aromatic heterocycles. The van der Waals surface area contributed by atoms with Crippen LogP contribution in [0.15, 0.2) is 18.2 Å². The Morgan fingerprint density at radius 1 is 1.40 bits per heavy atom. The molecule has 112 valence electrons. The number of nitrogens with two attached hydrogens (primary N) is 1. The Morgan fingerprint density at radius 3 is 2.40 bits per heavy atom. The van der Waals surface area contributed by atoms with Gasteiger partial charge in [0.2, 0.25) is 0 Å². The lowest BCUT2D eigenvalue weighted by molar-refractivity contribution is -0.385. The van der Waals surface area contributed by atoms with Crippen LogP contribution in [0.25, 0.3) is 0 Å². The van der Waals surface area contributed by atoms with Crippen molar-refractivity contribution in [2.24, 2.45) is 5.73 Å². The zero-order valence-electron chi connectivity index (χ0n) is 11.2. The molecule has 0 aliphatic carbocycles. The van der Waals surface area contributed by atoms with Gasteiger partial charge in [0.15, 0.2) is 0 Å². The monoisotopic (exact) mass is 304 g/mol. The first-order valence-electron chi connectivity index (χ1n) is 5.97. The first kappa shape index (κ1) is 16.6. The Balaban J connectivity index is 3.30. The van der Waals surface area contributed by atoms with E-state index in [0.29, 0.717) is 0 Å². The number of phenolic OH excluding ortho intramolecular Hbond substituents is 1. The third-order valence-corrected chi connectivity index (χ3v) is 4.68. The van der Waals surface area contributed by atoms with E-state index < -0.39 is 18.3 Å². The van der Waals surface area contributed by atoms with Crippen molar-refractivity contribution in [2.45, 2.75) is 19.6 Å². The molecule has 0 aliphatic rings. The summed E-state index contributed by atoms with van der Waals surface area (Å²) in [6.45, 7) is 3.37. The average molecular weight is 304 g/mol. The number of benzene rings is 1. The molecule has 0 heterocycles. The molecule has 3 N–H and O–H groups in total. The number of nitro groups is 1. The van der Waals surface area contributed by atoms with Gasteiger partial charge in [-0.2, -0.15) is 0 Å². The van der Waals surface area contributed by atoms with Crippen LogP contribution < -0.4 is 5.73 Å². The van der Waals surface area contributed by atoms with Crippen molar-refractivity contribution in [3.8, 4) is 5.75 Å². The normalized spacial score (nSPS) is 13.2. The van der Waals surface area contributed by atoms with E-state index >= 15 is 0 Å². The number of aromatic hydroxyl groups is 1. The third kappa shape index (κ3) is 3.55. The second-order valence-corrected chi connectivity index (χ2v) is 5.97. The molecule has 20 heavy (non-hydrogen) atoms. The quantitative estimate of drug-likeness (QED) is 0.450. The Bertz CT molecular complexity index is 526. The Morgan fingerprint density at radius 2 is 1.95 bits per heavy atom. The van der Waals surface area contributed by atoms with Gasteiger partial charge in [0.25, 0.3) is 5.69 Å². The highest BCUT2D eigenvalue weighted by Crippen LogP contribution is 2.59. The summed E-state index contributed by atoms with van der Waals surface area (Å²) >= 11 is 0. The maximum atomic E-state index is 12.5. The molecule has 0 bridgehead atoms. The van der Waals surface area contributed by atoms with E-state index in [1.165, 1.54) is 0 Å². The summed E-state index contributed by atoms with van der Waals surface area (Å²) in [5.41, 5.74) is 5.38. The topological polar surface area (TPSA) is 125 Å². The van der Waals surface area contributed by atoms with Crippen molar-refractivity contribution < 1.29 is 23.6 Å². The number of nitrogens with zero attached hydrogens (tertiary/aromatic N) is 1. The maximum Gasteiger partial charge on any atom is 0.351 e. The van der Waals surface area contributed by atoms with Gasteiger partial charge in [-0.05, 0) is 26.0 Å². The standard InChI is InChI=1S/C11H17N2O6P/c1-3-18-20(17,19-4-2)11(12)9-7-8(14)5-6-10(9)13(15)16/h5-7,11,14H,3-4,12H2,1-2H3/t11-/m1/s1. The van der Waals surface area contributed by atoms with Gasteiger partial charge >= 0.3 is 7.60 Å². The van der Waals surface area contributed by atoms with Gasteiger partial charge in [0.1, 0.15) is 11.5 Å². The molecular weight excluding hydrogens is 287 g/mol. The molecule has 8 nitrogen and oxygen atoms in total. The maximum absolute atomic E-state index is 12.5. The smallest absolute Gasteiger partial charge is 0.351 e. The highest BCUT2D eigenvalue weighted by Gasteiger charge is 2.38. The summed E-state index contributed by atoms with van der Waals surface area (Å²) in [5, 5.41) is 20.4. The van der Waals surface area contributed by atoms with Gasteiger partial charge < -0.3 is 19.9 Å². The lowest BCUT2D eigenvalue weighted by Gasteiger charge is -2.23. The summed E-state index contributed by atoms with van der Waals surface area (Å²) in [5.74, 6) is -1.57. The number of phenols is 1. The van der Waals surface area contributed by atoms with E-state index in [1.54, 1.807) is 13.8 Å². The van der Waals surface area contributed by atoms with E-state index in [0.717, 1.165) is 18.2 Å². The molecule has 0 radical (unpaired) electrons. The van der Waals surface area contributed by atoms with Gasteiger partial charge in [-0.1, -0.05) is 0 Å².